The zero-order valence-electron chi connectivity index (χ0n) is 11.9. The first-order chi connectivity index (χ1) is 10.5. The van der Waals surface area contributed by atoms with Crippen LogP contribution in [0.4, 0.5) is 5.69 Å². The zero-order chi connectivity index (χ0) is 16.1. The van der Waals surface area contributed by atoms with Crippen molar-refractivity contribution in [2.45, 2.75) is 19.9 Å². The van der Waals surface area contributed by atoms with E-state index in [9.17, 15) is 0 Å². The van der Waals surface area contributed by atoms with Gasteiger partial charge in [-0.1, -0.05) is 46.1 Å². The molecule has 2 nitrogen and oxygen atoms in total. The van der Waals surface area contributed by atoms with Crippen LogP contribution in [0.25, 0.3) is 0 Å². The summed E-state index contributed by atoms with van der Waals surface area (Å²) in [5.41, 5.74) is 1.92. The van der Waals surface area contributed by atoms with Crippen molar-refractivity contribution in [3.8, 4) is 5.75 Å². The SMILES string of the molecule is CCCOc1c(Br)cc(Br)cc1CNc1cc(Cl)cc(Cl)c1. The Morgan fingerprint density at radius 2 is 1.73 bits per heavy atom. The van der Waals surface area contributed by atoms with E-state index >= 15 is 0 Å². The highest BCUT2D eigenvalue weighted by Gasteiger charge is 2.10. The maximum absolute atomic E-state index is 6.02. The summed E-state index contributed by atoms with van der Waals surface area (Å²) < 4.78 is 7.77. The van der Waals surface area contributed by atoms with E-state index in [1.807, 2.05) is 24.3 Å². The Bertz CT molecular complexity index is 645. The molecule has 2 rings (SSSR count). The summed E-state index contributed by atoms with van der Waals surface area (Å²) in [5.74, 6) is 0.852. The average Bonchev–Trinajstić information content (AvgIpc) is 2.43. The summed E-state index contributed by atoms with van der Waals surface area (Å²) >= 11 is 19.1. The quantitative estimate of drug-likeness (QED) is 0.497. The molecule has 2 aromatic carbocycles. The van der Waals surface area contributed by atoms with Crippen LogP contribution in [-0.4, -0.2) is 6.61 Å². The van der Waals surface area contributed by atoms with Crippen molar-refractivity contribution in [2.75, 3.05) is 11.9 Å². The third kappa shape index (κ3) is 5.05. The van der Waals surface area contributed by atoms with Crippen molar-refractivity contribution in [3.63, 3.8) is 0 Å². The van der Waals surface area contributed by atoms with Crippen LogP contribution in [0.1, 0.15) is 18.9 Å². The number of hydrogen-bond donors (Lipinski definition) is 1. The summed E-state index contributed by atoms with van der Waals surface area (Å²) in [6.45, 7) is 3.36. The Morgan fingerprint density at radius 3 is 2.36 bits per heavy atom. The van der Waals surface area contributed by atoms with Crippen LogP contribution in [0.5, 0.6) is 5.75 Å². The number of rotatable bonds is 6. The van der Waals surface area contributed by atoms with E-state index in [-0.39, 0.29) is 0 Å². The van der Waals surface area contributed by atoms with E-state index in [1.165, 1.54) is 0 Å². The molecule has 0 aromatic heterocycles. The molecule has 0 aliphatic rings. The van der Waals surface area contributed by atoms with Gasteiger partial charge in [0.25, 0.3) is 0 Å². The Morgan fingerprint density at radius 1 is 1.05 bits per heavy atom. The topological polar surface area (TPSA) is 21.3 Å². The zero-order valence-corrected chi connectivity index (χ0v) is 16.6. The van der Waals surface area contributed by atoms with Crippen LogP contribution in [0, 0.1) is 0 Å². The lowest BCUT2D eigenvalue weighted by Gasteiger charge is -2.15. The van der Waals surface area contributed by atoms with Gasteiger partial charge in [0.05, 0.1) is 11.1 Å². The molecule has 0 atom stereocenters. The molecule has 0 heterocycles. The minimum absolute atomic E-state index is 0.605. The number of ether oxygens (including phenoxy) is 1. The fourth-order valence-electron chi connectivity index (χ4n) is 1.96. The second-order valence-electron chi connectivity index (χ2n) is 4.74. The van der Waals surface area contributed by atoms with Gasteiger partial charge in [-0.2, -0.15) is 0 Å². The Hall–Kier alpha value is -0.420. The summed E-state index contributed by atoms with van der Waals surface area (Å²) in [7, 11) is 0. The van der Waals surface area contributed by atoms with Crippen LogP contribution in [0.15, 0.2) is 39.3 Å². The van der Waals surface area contributed by atoms with Gasteiger partial charge in [-0.25, -0.2) is 0 Å². The molecule has 0 amide bonds. The molecule has 6 heteroatoms. The maximum Gasteiger partial charge on any atom is 0.138 e. The van der Waals surface area contributed by atoms with Crippen LogP contribution >= 0.6 is 55.1 Å². The van der Waals surface area contributed by atoms with Gasteiger partial charge in [-0.3, -0.25) is 0 Å². The predicted octanol–water partition coefficient (Wildman–Crippen LogP) is 6.92. The molecule has 0 saturated heterocycles. The first kappa shape index (κ1) is 17.9. The molecule has 0 spiro atoms. The molecule has 0 aliphatic carbocycles. The van der Waals surface area contributed by atoms with Crippen LogP contribution in [0.3, 0.4) is 0 Å². The highest BCUT2D eigenvalue weighted by molar-refractivity contribution is 9.11. The third-order valence-corrected chi connectivity index (χ3v) is 4.36. The van der Waals surface area contributed by atoms with Crippen LogP contribution in [-0.2, 0) is 6.54 Å². The highest BCUT2D eigenvalue weighted by Crippen LogP contribution is 2.34. The molecule has 0 unspecified atom stereocenters. The standard InChI is InChI=1S/C16H15Br2Cl2NO/c1-2-3-22-16-10(4-11(17)5-15(16)18)9-21-14-7-12(19)6-13(20)8-14/h4-8,21H,2-3,9H2,1H3. The van der Waals surface area contributed by atoms with E-state index < -0.39 is 0 Å². The Balaban J connectivity index is 2.20. The molecule has 2 aromatic rings. The second-order valence-corrected chi connectivity index (χ2v) is 7.38. The van der Waals surface area contributed by atoms with Crippen molar-refractivity contribution >= 4 is 60.7 Å². The predicted molar refractivity (Wildman–Crippen MR) is 101 cm³/mol. The van der Waals surface area contributed by atoms with Gasteiger partial charge in [0, 0.05) is 32.3 Å². The number of nitrogens with one attached hydrogen (secondary N) is 1. The first-order valence-electron chi connectivity index (χ1n) is 6.80. The molecule has 1 N–H and O–H groups in total. The van der Waals surface area contributed by atoms with Crippen molar-refractivity contribution in [1.82, 2.24) is 0 Å². The molecular weight excluding hydrogens is 453 g/mol. The molecule has 22 heavy (non-hydrogen) atoms. The summed E-state index contributed by atoms with van der Waals surface area (Å²) in [4.78, 5) is 0. The third-order valence-electron chi connectivity index (χ3n) is 2.88. The lowest BCUT2D eigenvalue weighted by atomic mass is 10.2. The van der Waals surface area contributed by atoms with Gasteiger partial charge < -0.3 is 10.1 Å². The van der Waals surface area contributed by atoms with Gasteiger partial charge in [-0.05, 0) is 52.7 Å². The fourth-order valence-corrected chi connectivity index (χ4v) is 3.92. The molecular formula is C16H15Br2Cl2NO. The van der Waals surface area contributed by atoms with Crippen molar-refractivity contribution in [1.29, 1.82) is 0 Å². The smallest absolute Gasteiger partial charge is 0.138 e. The summed E-state index contributed by atoms with van der Waals surface area (Å²) in [6.07, 6.45) is 0.958. The van der Waals surface area contributed by atoms with Gasteiger partial charge in [0.1, 0.15) is 5.75 Å². The number of benzene rings is 2. The molecule has 118 valence electrons. The lowest BCUT2D eigenvalue weighted by molar-refractivity contribution is 0.312. The van der Waals surface area contributed by atoms with E-state index in [1.54, 1.807) is 6.07 Å². The van der Waals surface area contributed by atoms with E-state index in [0.29, 0.717) is 23.2 Å². The summed E-state index contributed by atoms with van der Waals surface area (Å²) in [5, 5.41) is 4.53. The Labute approximate surface area is 157 Å². The lowest BCUT2D eigenvalue weighted by Crippen LogP contribution is -2.05. The van der Waals surface area contributed by atoms with Gasteiger partial charge in [0.15, 0.2) is 0 Å². The first-order valence-corrected chi connectivity index (χ1v) is 9.14. The number of anilines is 1. The number of halogens is 4. The summed E-state index contributed by atoms with van der Waals surface area (Å²) in [6, 6.07) is 9.40. The maximum atomic E-state index is 6.02. The molecule has 0 saturated carbocycles. The van der Waals surface area contributed by atoms with Crippen molar-refractivity contribution in [2.24, 2.45) is 0 Å². The monoisotopic (exact) mass is 465 g/mol. The van der Waals surface area contributed by atoms with Crippen molar-refractivity contribution < 1.29 is 4.74 Å². The van der Waals surface area contributed by atoms with Gasteiger partial charge in [0.2, 0.25) is 0 Å². The fraction of sp³-hybridized carbons (Fsp3) is 0.250. The van der Waals surface area contributed by atoms with E-state index in [2.05, 4.69) is 44.1 Å². The highest BCUT2D eigenvalue weighted by atomic mass is 79.9. The van der Waals surface area contributed by atoms with Crippen LogP contribution < -0.4 is 10.1 Å². The minimum Gasteiger partial charge on any atom is -0.492 e. The van der Waals surface area contributed by atoms with Crippen molar-refractivity contribution in [3.05, 3.63) is 54.9 Å². The molecule has 0 bridgehead atoms. The van der Waals surface area contributed by atoms with E-state index in [4.69, 9.17) is 27.9 Å². The second kappa shape index (κ2) is 8.44. The minimum atomic E-state index is 0.605. The molecule has 0 radical (unpaired) electrons. The average molecular weight is 468 g/mol. The Kier molecular flexibility index (Phi) is 6.87. The largest absolute Gasteiger partial charge is 0.492 e. The van der Waals surface area contributed by atoms with Crippen LogP contribution in [0.2, 0.25) is 10.0 Å². The van der Waals surface area contributed by atoms with Gasteiger partial charge in [-0.15, -0.1) is 0 Å². The molecule has 0 fully saturated rings. The molecule has 0 aliphatic heterocycles. The van der Waals surface area contributed by atoms with E-state index in [0.717, 1.165) is 32.4 Å². The number of hydrogen-bond acceptors (Lipinski definition) is 2. The normalized spacial score (nSPS) is 10.6. The van der Waals surface area contributed by atoms with Gasteiger partial charge >= 0.3 is 0 Å².